The number of rotatable bonds is 5. The molecule has 0 saturated heterocycles. The maximum atomic E-state index is 11.6. The second-order valence-electron chi connectivity index (χ2n) is 5.43. The molecule has 18 heavy (non-hydrogen) atoms. The van der Waals surface area contributed by atoms with Gasteiger partial charge in [-0.2, -0.15) is 0 Å². The Bertz CT molecular complexity index is 286. The van der Waals surface area contributed by atoms with Gasteiger partial charge < -0.3 is 20.1 Å². The number of carbonyl (C=O) groups is 2. The zero-order valence-electron chi connectivity index (χ0n) is 11.8. The first-order valence-electron chi connectivity index (χ1n) is 5.97. The van der Waals surface area contributed by atoms with Crippen molar-refractivity contribution >= 4 is 12.0 Å². The molecule has 0 aliphatic carbocycles. The van der Waals surface area contributed by atoms with Crippen LogP contribution >= 0.6 is 0 Å². The first-order valence-corrected chi connectivity index (χ1v) is 5.97. The van der Waals surface area contributed by atoms with Gasteiger partial charge in [0.1, 0.15) is 12.1 Å². The Morgan fingerprint density at radius 1 is 1.39 bits per heavy atom. The molecule has 1 atom stereocenters. The smallest absolute Gasteiger partial charge is 0.410 e. The van der Waals surface area contributed by atoms with Crippen molar-refractivity contribution in [2.24, 2.45) is 5.92 Å². The summed E-state index contributed by atoms with van der Waals surface area (Å²) in [5, 5.41) is 11.4. The molecule has 106 valence electrons. The van der Waals surface area contributed by atoms with E-state index in [1.165, 1.54) is 11.9 Å². The lowest BCUT2D eigenvalue weighted by molar-refractivity contribution is -0.122. The topological polar surface area (TPSA) is 78.9 Å². The Hall–Kier alpha value is -1.30. The molecule has 0 aromatic rings. The molecule has 0 bridgehead atoms. The van der Waals surface area contributed by atoms with E-state index >= 15 is 0 Å². The van der Waals surface area contributed by atoms with Crippen molar-refractivity contribution in [1.82, 2.24) is 10.2 Å². The van der Waals surface area contributed by atoms with E-state index in [2.05, 4.69) is 5.32 Å². The standard InChI is InChI=1S/C12H24N2O4/c1-9(8-15)6-13-10(16)7-14(5)11(17)18-12(2,3)4/h9,15H,6-8H2,1-5H3,(H,13,16)/t9-/m0/s1. The van der Waals surface area contributed by atoms with Crippen molar-refractivity contribution in [1.29, 1.82) is 0 Å². The van der Waals surface area contributed by atoms with E-state index in [4.69, 9.17) is 9.84 Å². The average molecular weight is 260 g/mol. The lowest BCUT2D eigenvalue weighted by Crippen LogP contribution is -2.42. The molecule has 0 aliphatic heterocycles. The van der Waals surface area contributed by atoms with E-state index in [0.717, 1.165) is 0 Å². The number of amides is 2. The molecule has 0 rings (SSSR count). The average Bonchev–Trinajstić information content (AvgIpc) is 2.23. The van der Waals surface area contributed by atoms with Crippen molar-refractivity contribution in [3.63, 3.8) is 0 Å². The van der Waals surface area contributed by atoms with Gasteiger partial charge in [0.05, 0.1) is 0 Å². The van der Waals surface area contributed by atoms with Crippen molar-refractivity contribution in [3.8, 4) is 0 Å². The van der Waals surface area contributed by atoms with Gasteiger partial charge in [-0.3, -0.25) is 4.79 Å². The van der Waals surface area contributed by atoms with Crippen molar-refractivity contribution in [2.75, 3.05) is 26.7 Å². The summed E-state index contributed by atoms with van der Waals surface area (Å²) in [7, 11) is 1.50. The molecule has 0 fully saturated rings. The third-order valence-electron chi connectivity index (χ3n) is 2.05. The van der Waals surface area contributed by atoms with Crippen LogP contribution in [0.15, 0.2) is 0 Å². The van der Waals surface area contributed by atoms with Crippen LogP contribution in [0.3, 0.4) is 0 Å². The highest BCUT2D eigenvalue weighted by atomic mass is 16.6. The summed E-state index contributed by atoms with van der Waals surface area (Å²) in [6.07, 6.45) is -0.534. The molecule has 0 saturated carbocycles. The highest BCUT2D eigenvalue weighted by molar-refractivity contribution is 5.82. The van der Waals surface area contributed by atoms with Gasteiger partial charge >= 0.3 is 6.09 Å². The predicted octanol–water partition coefficient (Wildman–Crippen LogP) is 0.598. The summed E-state index contributed by atoms with van der Waals surface area (Å²) in [4.78, 5) is 24.3. The normalized spacial score (nSPS) is 12.8. The predicted molar refractivity (Wildman–Crippen MR) is 68.1 cm³/mol. The van der Waals surface area contributed by atoms with Crippen LogP contribution in [-0.2, 0) is 9.53 Å². The van der Waals surface area contributed by atoms with Gasteiger partial charge in [0.2, 0.25) is 5.91 Å². The Labute approximate surface area is 108 Å². The van der Waals surface area contributed by atoms with Crippen LogP contribution in [0.4, 0.5) is 4.79 Å². The minimum Gasteiger partial charge on any atom is -0.444 e. The fourth-order valence-electron chi connectivity index (χ4n) is 1.03. The summed E-state index contributed by atoms with van der Waals surface area (Å²) < 4.78 is 5.11. The fourth-order valence-corrected chi connectivity index (χ4v) is 1.03. The summed E-state index contributed by atoms with van der Waals surface area (Å²) in [5.74, 6) is -0.274. The van der Waals surface area contributed by atoms with Crippen molar-refractivity contribution < 1.29 is 19.4 Å². The Balaban J connectivity index is 4.04. The molecular formula is C12H24N2O4. The number of carbonyl (C=O) groups excluding carboxylic acids is 2. The van der Waals surface area contributed by atoms with E-state index in [0.29, 0.717) is 6.54 Å². The third-order valence-corrected chi connectivity index (χ3v) is 2.05. The fraction of sp³-hybridized carbons (Fsp3) is 0.833. The monoisotopic (exact) mass is 260 g/mol. The van der Waals surface area contributed by atoms with Crippen LogP contribution in [0.25, 0.3) is 0 Å². The zero-order valence-corrected chi connectivity index (χ0v) is 11.8. The molecule has 0 aromatic heterocycles. The molecule has 6 heteroatoms. The van der Waals surface area contributed by atoms with Crippen molar-refractivity contribution in [3.05, 3.63) is 0 Å². The molecule has 0 aromatic carbocycles. The lowest BCUT2D eigenvalue weighted by atomic mass is 10.2. The second kappa shape index (κ2) is 7.20. The van der Waals surface area contributed by atoms with Crippen LogP contribution in [-0.4, -0.2) is 54.4 Å². The minimum atomic E-state index is -0.576. The van der Waals surface area contributed by atoms with Crippen molar-refractivity contribution in [2.45, 2.75) is 33.3 Å². The second-order valence-corrected chi connectivity index (χ2v) is 5.43. The number of aliphatic hydroxyl groups is 1. The summed E-state index contributed by atoms with van der Waals surface area (Å²) in [6, 6.07) is 0. The van der Waals surface area contributed by atoms with Gasteiger partial charge in [-0.25, -0.2) is 4.79 Å². The van der Waals surface area contributed by atoms with Gasteiger partial charge in [0, 0.05) is 20.2 Å². The molecule has 0 unspecified atom stereocenters. The van der Waals surface area contributed by atoms with E-state index in [-0.39, 0.29) is 25.0 Å². The van der Waals surface area contributed by atoms with Gasteiger partial charge in [0.15, 0.2) is 0 Å². The number of hydrogen-bond donors (Lipinski definition) is 2. The molecule has 0 aliphatic rings. The number of hydrogen-bond acceptors (Lipinski definition) is 4. The molecule has 2 N–H and O–H groups in total. The van der Waals surface area contributed by atoms with Crippen LogP contribution in [0.5, 0.6) is 0 Å². The van der Waals surface area contributed by atoms with Gasteiger partial charge in [-0.05, 0) is 26.7 Å². The Kier molecular flexibility index (Phi) is 6.68. The number of aliphatic hydroxyl groups excluding tert-OH is 1. The van der Waals surface area contributed by atoms with Crippen LogP contribution in [0.1, 0.15) is 27.7 Å². The van der Waals surface area contributed by atoms with Gasteiger partial charge in [0.25, 0.3) is 0 Å². The molecule has 0 spiro atoms. The third kappa shape index (κ3) is 7.89. The van der Waals surface area contributed by atoms with E-state index in [1.54, 1.807) is 20.8 Å². The Morgan fingerprint density at radius 3 is 2.39 bits per heavy atom. The van der Waals surface area contributed by atoms with Crippen LogP contribution in [0.2, 0.25) is 0 Å². The number of likely N-dealkylation sites (N-methyl/N-ethyl adjacent to an activating group) is 1. The summed E-state index contributed by atoms with van der Waals surface area (Å²) in [6.45, 7) is 7.45. The highest BCUT2D eigenvalue weighted by Gasteiger charge is 2.21. The van der Waals surface area contributed by atoms with Gasteiger partial charge in [-0.15, -0.1) is 0 Å². The zero-order chi connectivity index (χ0) is 14.3. The Morgan fingerprint density at radius 2 is 1.94 bits per heavy atom. The van der Waals surface area contributed by atoms with Gasteiger partial charge in [-0.1, -0.05) is 6.92 Å². The molecular weight excluding hydrogens is 236 g/mol. The lowest BCUT2D eigenvalue weighted by Gasteiger charge is -2.24. The van der Waals surface area contributed by atoms with E-state index in [9.17, 15) is 9.59 Å². The minimum absolute atomic E-state index is 0.000725. The molecule has 2 amide bonds. The van der Waals surface area contributed by atoms with E-state index in [1.807, 2.05) is 6.92 Å². The first-order chi connectivity index (χ1) is 8.15. The largest absolute Gasteiger partial charge is 0.444 e. The highest BCUT2D eigenvalue weighted by Crippen LogP contribution is 2.08. The van der Waals surface area contributed by atoms with E-state index < -0.39 is 11.7 Å². The number of nitrogens with one attached hydrogen (secondary N) is 1. The van der Waals surface area contributed by atoms with Crippen LogP contribution in [0, 0.1) is 5.92 Å². The maximum absolute atomic E-state index is 11.6. The molecule has 6 nitrogen and oxygen atoms in total. The quantitative estimate of drug-likeness (QED) is 0.758. The maximum Gasteiger partial charge on any atom is 0.410 e. The molecule has 0 heterocycles. The number of nitrogens with zero attached hydrogens (tertiary/aromatic N) is 1. The summed E-state index contributed by atoms with van der Waals surface area (Å²) >= 11 is 0. The molecule has 0 radical (unpaired) electrons. The first kappa shape index (κ1) is 16.7. The van der Waals surface area contributed by atoms with Crippen LogP contribution < -0.4 is 5.32 Å². The summed E-state index contributed by atoms with van der Waals surface area (Å²) in [5.41, 5.74) is -0.576. The SMILES string of the molecule is C[C@H](CO)CNC(=O)CN(C)C(=O)OC(C)(C)C. The number of ether oxygens (including phenoxy) is 1.